The van der Waals surface area contributed by atoms with Crippen LogP contribution in [0.15, 0.2) is 53.1 Å². The number of carboxylic acid groups (broad SMARTS) is 1. The van der Waals surface area contributed by atoms with Crippen molar-refractivity contribution in [2.45, 2.75) is 13.8 Å². The molecule has 8 heteroatoms. The molecule has 0 saturated heterocycles. The van der Waals surface area contributed by atoms with Gasteiger partial charge < -0.3 is 19.4 Å². The van der Waals surface area contributed by atoms with Crippen LogP contribution >= 0.6 is 11.6 Å². The van der Waals surface area contributed by atoms with Crippen LogP contribution < -0.4 is 4.74 Å². The molecule has 0 spiro atoms. The number of H-pyrrole nitrogens is 1. The number of aryl methyl sites for hydroxylation is 2. The van der Waals surface area contributed by atoms with Gasteiger partial charge in [0.2, 0.25) is 0 Å². The van der Waals surface area contributed by atoms with Crippen molar-refractivity contribution in [3.05, 3.63) is 70.4 Å². The van der Waals surface area contributed by atoms with Crippen molar-refractivity contribution in [3.63, 3.8) is 0 Å². The van der Waals surface area contributed by atoms with Crippen LogP contribution in [0.25, 0.3) is 33.1 Å². The van der Waals surface area contributed by atoms with Crippen LogP contribution in [0.2, 0.25) is 5.02 Å². The van der Waals surface area contributed by atoms with E-state index in [0.29, 0.717) is 33.0 Å². The van der Waals surface area contributed by atoms with E-state index in [9.17, 15) is 9.90 Å². The topological polar surface area (TPSA) is 101 Å². The first kappa shape index (κ1) is 19.1. The fourth-order valence-corrected chi connectivity index (χ4v) is 3.79. The van der Waals surface area contributed by atoms with Crippen LogP contribution in [0.5, 0.6) is 11.8 Å². The van der Waals surface area contributed by atoms with E-state index in [1.54, 1.807) is 25.1 Å². The first-order valence-corrected chi connectivity index (χ1v) is 9.84. The maximum Gasteiger partial charge on any atom is 0.336 e. The Kier molecular flexibility index (Phi) is 4.41. The SMILES string of the molecule is Cc1ccc(Oc2nc3cc(-c4ccc5c(C)noc5c4)c(Cl)cc3[nH]2)cc1C(=O)O. The standard InChI is InChI=1S/C23H16ClN3O4/c1-11-3-5-14(8-16(11)22(28)29)30-23-25-19-9-17(18(24)10-20(19)26-23)13-4-6-15-12(2)27-31-21(15)7-13/h3-10H,1-2H3,(H,25,26)(H,28,29). The second-order valence-electron chi connectivity index (χ2n) is 7.25. The molecule has 5 rings (SSSR count). The number of fused-ring (bicyclic) bond motifs is 2. The van der Waals surface area contributed by atoms with Crippen molar-refractivity contribution in [2.24, 2.45) is 0 Å². The van der Waals surface area contributed by atoms with Crippen LogP contribution in [0.4, 0.5) is 0 Å². The molecule has 0 bridgehead atoms. The number of carboxylic acids is 1. The molecule has 0 radical (unpaired) electrons. The number of hydrogen-bond acceptors (Lipinski definition) is 5. The lowest BCUT2D eigenvalue weighted by molar-refractivity contribution is 0.0695. The minimum absolute atomic E-state index is 0.178. The number of halogens is 1. The Bertz CT molecular complexity index is 1490. The first-order valence-electron chi connectivity index (χ1n) is 9.46. The highest BCUT2D eigenvalue weighted by atomic mass is 35.5. The van der Waals surface area contributed by atoms with Crippen LogP contribution in [-0.4, -0.2) is 26.2 Å². The number of hydrogen-bond donors (Lipinski definition) is 2. The van der Waals surface area contributed by atoms with E-state index in [1.807, 2.05) is 31.2 Å². The molecule has 0 aliphatic rings. The van der Waals surface area contributed by atoms with Crippen molar-refractivity contribution >= 4 is 39.6 Å². The molecule has 31 heavy (non-hydrogen) atoms. The summed E-state index contributed by atoms with van der Waals surface area (Å²) in [4.78, 5) is 18.9. The first-order chi connectivity index (χ1) is 14.9. The van der Waals surface area contributed by atoms with E-state index in [1.165, 1.54) is 6.07 Å². The minimum atomic E-state index is -1.01. The van der Waals surface area contributed by atoms with Gasteiger partial charge in [-0.3, -0.25) is 0 Å². The average molecular weight is 434 g/mol. The lowest BCUT2D eigenvalue weighted by atomic mass is 10.0. The zero-order valence-electron chi connectivity index (χ0n) is 16.6. The highest BCUT2D eigenvalue weighted by molar-refractivity contribution is 6.34. The molecule has 0 unspecified atom stereocenters. The van der Waals surface area contributed by atoms with Gasteiger partial charge in [0.1, 0.15) is 5.75 Å². The van der Waals surface area contributed by atoms with Gasteiger partial charge in [0.15, 0.2) is 5.58 Å². The van der Waals surface area contributed by atoms with Crippen molar-refractivity contribution < 1.29 is 19.2 Å². The van der Waals surface area contributed by atoms with Gasteiger partial charge in [0.05, 0.1) is 27.3 Å². The lowest BCUT2D eigenvalue weighted by Crippen LogP contribution is -2.00. The molecule has 5 aromatic rings. The summed E-state index contributed by atoms with van der Waals surface area (Å²) in [5.41, 5.74) is 5.39. The maximum absolute atomic E-state index is 11.4. The van der Waals surface area contributed by atoms with E-state index in [-0.39, 0.29) is 11.6 Å². The number of nitrogens with zero attached hydrogens (tertiary/aromatic N) is 2. The van der Waals surface area contributed by atoms with Crippen molar-refractivity contribution in [1.29, 1.82) is 0 Å². The third-order valence-electron chi connectivity index (χ3n) is 5.17. The Balaban J connectivity index is 1.52. The predicted octanol–water partition coefficient (Wildman–Crippen LogP) is 6.13. The Labute approximate surface area is 181 Å². The number of aromatic nitrogens is 3. The molecular weight excluding hydrogens is 418 g/mol. The van der Waals surface area contributed by atoms with E-state index >= 15 is 0 Å². The molecular formula is C23H16ClN3O4. The van der Waals surface area contributed by atoms with Crippen LogP contribution in [0.1, 0.15) is 21.6 Å². The number of ether oxygens (including phenoxy) is 1. The summed E-state index contributed by atoms with van der Waals surface area (Å²) in [6.07, 6.45) is 0. The Morgan fingerprint density at radius 3 is 2.77 bits per heavy atom. The number of rotatable bonds is 4. The molecule has 0 aliphatic heterocycles. The predicted molar refractivity (Wildman–Crippen MR) is 117 cm³/mol. The quantitative estimate of drug-likeness (QED) is 0.353. The number of carbonyl (C=O) groups is 1. The molecule has 0 amide bonds. The molecule has 7 nitrogen and oxygen atoms in total. The highest BCUT2D eigenvalue weighted by Crippen LogP contribution is 2.35. The fraction of sp³-hybridized carbons (Fsp3) is 0.0870. The van der Waals surface area contributed by atoms with Gasteiger partial charge in [0, 0.05) is 10.9 Å². The Hall–Kier alpha value is -3.84. The molecule has 0 atom stereocenters. The molecule has 154 valence electrons. The van der Waals surface area contributed by atoms with Gasteiger partial charge in [-0.2, -0.15) is 4.98 Å². The molecule has 3 aromatic carbocycles. The van der Waals surface area contributed by atoms with E-state index in [4.69, 9.17) is 20.9 Å². The van der Waals surface area contributed by atoms with Gasteiger partial charge in [-0.25, -0.2) is 4.79 Å². The van der Waals surface area contributed by atoms with Gasteiger partial charge in [0.25, 0.3) is 6.01 Å². The van der Waals surface area contributed by atoms with Crippen LogP contribution in [-0.2, 0) is 0 Å². The monoisotopic (exact) mass is 433 g/mol. The minimum Gasteiger partial charge on any atom is -0.478 e. The summed E-state index contributed by atoms with van der Waals surface area (Å²) < 4.78 is 11.1. The summed E-state index contributed by atoms with van der Waals surface area (Å²) in [7, 11) is 0. The van der Waals surface area contributed by atoms with E-state index < -0.39 is 5.97 Å². The van der Waals surface area contributed by atoms with E-state index in [2.05, 4.69) is 15.1 Å². The summed E-state index contributed by atoms with van der Waals surface area (Å²) in [6.45, 7) is 3.62. The number of aromatic amines is 1. The van der Waals surface area contributed by atoms with E-state index in [0.717, 1.165) is 22.2 Å². The number of benzene rings is 3. The zero-order chi connectivity index (χ0) is 21.7. The highest BCUT2D eigenvalue weighted by Gasteiger charge is 2.14. The van der Waals surface area contributed by atoms with Crippen LogP contribution in [0.3, 0.4) is 0 Å². The number of imidazole rings is 1. The number of aromatic carboxylic acids is 1. The van der Waals surface area contributed by atoms with Gasteiger partial charge in [-0.15, -0.1) is 0 Å². The van der Waals surface area contributed by atoms with Gasteiger partial charge in [-0.05, 0) is 61.4 Å². The lowest BCUT2D eigenvalue weighted by Gasteiger charge is -2.05. The van der Waals surface area contributed by atoms with Crippen molar-refractivity contribution in [3.8, 4) is 22.9 Å². The molecule has 2 N–H and O–H groups in total. The summed E-state index contributed by atoms with van der Waals surface area (Å²) in [5.74, 6) is -0.637. The fourth-order valence-electron chi connectivity index (χ4n) is 3.51. The second kappa shape index (κ2) is 7.14. The summed E-state index contributed by atoms with van der Waals surface area (Å²) in [5, 5.41) is 14.8. The average Bonchev–Trinajstić information content (AvgIpc) is 3.30. The zero-order valence-corrected chi connectivity index (χ0v) is 17.3. The number of nitrogens with one attached hydrogen (secondary N) is 1. The molecule has 0 fully saturated rings. The second-order valence-corrected chi connectivity index (χ2v) is 7.66. The molecule has 0 aliphatic carbocycles. The Morgan fingerprint density at radius 1 is 1.13 bits per heavy atom. The molecule has 2 aromatic heterocycles. The maximum atomic E-state index is 11.4. The van der Waals surface area contributed by atoms with Gasteiger partial charge in [-0.1, -0.05) is 28.9 Å². The third-order valence-corrected chi connectivity index (χ3v) is 5.48. The normalized spacial score (nSPS) is 11.3. The summed E-state index contributed by atoms with van der Waals surface area (Å²) in [6, 6.07) is 14.5. The largest absolute Gasteiger partial charge is 0.478 e. The van der Waals surface area contributed by atoms with Gasteiger partial charge >= 0.3 is 5.97 Å². The molecule has 2 heterocycles. The van der Waals surface area contributed by atoms with Crippen molar-refractivity contribution in [2.75, 3.05) is 0 Å². The van der Waals surface area contributed by atoms with Crippen LogP contribution in [0, 0.1) is 13.8 Å². The molecule has 0 saturated carbocycles. The smallest absolute Gasteiger partial charge is 0.336 e. The summed E-state index contributed by atoms with van der Waals surface area (Å²) >= 11 is 6.54. The third kappa shape index (κ3) is 3.39. The Morgan fingerprint density at radius 2 is 1.97 bits per heavy atom. The van der Waals surface area contributed by atoms with Crippen molar-refractivity contribution in [1.82, 2.24) is 15.1 Å².